The van der Waals surface area contributed by atoms with Crippen molar-refractivity contribution in [2.45, 2.75) is 187 Å². The first-order chi connectivity index (χ1) is 17.3. The minimum absolute atomic E-state index is 0.0311. The summed E-state index contributed by atoms with van der Waals surface area (Å²) in [7, 11) is 0. The number of rotatable bonds is 29. The molecule has 0 saturated heterocycles. The van der Waals surface area contributed by atoms with E-state index in [0.29, 0.717) is 13.0 Å². The molecule has 0 bridgehead atoms. The molecule has 0 fully saturated rings. The highest BCUT2D eigenvalue weighted by atomic mass is 16.5. The molecule has 2 heteroatoms. The van der Waals surface area contributed by atoms with Gasteiger partial charge in [0, 0.05) is 6.42 Å². The number of esters is 1. The number of ether oxygens (including phenoxy) is 1. The summed E-state index contributed by atoms with van der Waals surface area (Å²) in [6.07, 6.45) is 40.2. The molecule has 0 aromatic heterocycles. The van der Waals surface area contributed by atoms with Crippen LogP contribution in [0.15, 0.2) is 12.2 Å². The lowest BCUT2D eigenvalue weighted by molar-refractivity contribution is -0.142. The third-order valence-corrected chi connectivity index (χ3v) is 7.22. The van der Waals surface area contributed by atoms with E-state index in [0.717, 1.165) is 12.8 Å². The van der Waals surface area contributed by atoms with Crippen molar-refractivity contribution in [2.24, 2.45) is 0 Å². The van der Waals surface area contributed by atoms with Gasteiger partial charge in [-0.25, -0.2) is 0 Å². The smallest absolute Gasteiger partial charge is 0.306 e. The minimum atomic E-state index is -0.0311. The van der Waals surface area contributed by atoms with Gasteiger partial charge >= 0.3 is 5.97 Å². The summed E-state index contributed by atoms with van der Waals surface area (Å²) in [6, 6.07) is 0. The topological polar surface area (TPSA) is 26.3 Å². The van der Waals surface area contributed by atoms with Crippen molar-refractivity contribution >= 4 is 5.97 Å². The molecule has 0 heterocycles. The summed E-state index contributed by atoms with van der Waals surface area (Å²) >= 11 is 0. The standard InChI is InChI=1S/C33H64O2/c1-3-5-7-9-11-12-13-14-15-16-17-18-19-20-21-22-23-24-25-26-27-29-31-33(34)35-32-30-28-10-8-6-4-2/h28,30H,3-27,29,31-32H2,1-2H3/b30-28+. The predicted octanol–water partition coefficient (Wildman–Crippen LogP) is 11.7. The molecule has 0 unspecified atom stereocenters. The van der Waals surface area contributed by atoms with E-state index in [2.05, 4.69) is 19.9 Å². The summed E-state index contributed by atoms with van der Waals surface area (Å²) < 4.78 is 5.27. The van der Waals surface area contributed by atoms with Crippen LogP contribution in [-0.4, -0.2) is 12.6 Å². The van der Waals surface area contributed by atoms with Gasteiger partial charge in [0.2, 0.25) is 0 Å². The van der Waals surface area contributed by atoms with Gasteiger partial charge in [-0.1, -0.05) is 174 Å². The third-order valence-electron chi connectivity index (χ3n) is 7.22. The number of hydrogen-bond acceptors (Lipinski definition) is 2. The van der Waals surface area contributed by atoms with E-state index in [-0.39, 0.29) is 5.97 Å². The van der Waals surface area contributed by atoms with Gasteiger partial charge in [0.05, 0.1) is 0 Å². The molecule has 2 nitrogen and oxygen atoms in total. The monoisotopic (exact) mass is 492 g/mol. The zero-order valence-corrected chi connectivity index (χ0v) is 24.3. The molecular weight excluding hydrogens is 428 g/mol. The minimum Gasteiger partial charge on any atom is -0.461 e. The first-order valence-corrected chi connectivity index (χ1v) is 16.1. The fourth-order valence-corrected chi connectivity index (χ4v) is 4.79. The van der Waals surface area contributed by atoms with Crippen LogP contribution in [-0.2, 0) is 9.53 Å². The summed E-state index contributed by atoms with van der Waals surface area (Å²) in [4.78, 5) is 11.7. The van der Waals surface area contributed by atoms with Gasteiger partial charge < -0.3 is 4.74 Å². The highest BCUT2D eigenvalue weighted by molar-refractivity contribution is 5.69. The molecule has 0 rings (SSSR count). The van der Waals surface area contributed by atoms with E-state index < -0.39 is 0 Å². The Morgan fingerprint density at radius 2 is 0.800 bits per heavy atom. The van der Waals surface area contributed by atoms with E-state index in [4.69, 9.17) is 4.74 Å². The highest BCUT2D eigenvalue weighted by Gasteiger charge is 2.01. The molecular formula is C33H64O2. The molecule has 0 N–H and O–H groups in total. The number of carbonyl (C=O) groups is 1. The van der Waals surface area contributed by atoms with Crippen LogP contribution < -0.4 is 0 Å². The van der Waals surface area contributed by atoms with Gasteiger partial charge in [0.1, 0.15) is 6.61 Å². The fourth-order valence-electron chi connectivity index (χ4n) is 4.79. The average Bonchev–Trinajstić information content (AvgIpc) is 2.86. The van der Waals surface area contributed by atoms with Gasteiger partial charge in [0.25, 0.3) is 0 Å². The molecule has 208 valence electrons. The Hall–Kier alpha value is -0.790. The molecule has 0 aliphatic rings. The summed E-state index contributed by atoms with van der Waals surface area (Å²) in [5.74, 6) is -0.0311. The third kappa shape index (κ3) is 31.2. The molecule has 0 atom stereocenters. The van der Waals surface area contributed by atoms with Crippen molar-refractivity contribution in [1.29, 1.82) is 0 Å². The predicted molar refractivity (Wildman–Crippen MR) is 156 cm³/mol. The Labute approximate surface area is 221 Å². The van der Waals surface area contributed by atoms with Crippen molar-refractivity contribution in [2.75, 3.05) is 6.61 Å². The lowest BCUT2D eigenvalue weighted by Crippen LogP contribution is -2.03. The van der Waals surface area contributed by atoms with Gasteiger partial charge in [-0.15, -0.1) is 0 Å². The van der Waals surface area contributed by atoms with Crippen molar-refractivity contribution in [3.05, 3.63) is 12.2 Å². The van der Waals surface area contributed by atoms with Crippen LogP contribution in [0.3, 0.4) is 0 Å². The maximum absolute atomic E-state index is 11.7. The zero-order chi connectivity index (χ0) is 25.5. The maximum Gasteiger partial charge on any atom is 0.306 e. The molecule has 0 spiro atoms. The maximum atomic E-state index is 11.7. The Bertz CT molecular complexity index is 429. The fraction of sp³-hybridized carbons (Fsp3) is 0.909. The van der Waals surface area contributed by atoms with Crippen molar-refractivity contribution in [3.63, 3.8) is 0 Å². The van der Waals surface area contributed by atoms with Crippen molar-refractivity contribution < 1.29 is 9.53 Å². The summed E-state index contributed by atoms with van der Waals surface area (Å²) in [5.41, 5.74) is 0. The SMILES string of the molecule is CCCCC/C=C/COC(=O)CCCCCCCCCCCCCCCCCCCCCCCC. The van der Waals surface area contributed by atoms with Gasteiger partial charge in [-0.05, 0) is 19.3 Å². The molecule has 0 radical (unpaired) electrons. The normalized spacial score (nSPS) is 11.5. The quantitative estimate of drug-likeness (QED) is 0.0589. The number of hydrogen-bond donors (Lipinski definition) is 0. The van der Waals surface area contributed by atoms with Gasteiger partial charge in [-0.3, -0.25) is 4.79 Å². The van der Waals surface area contributed by atoms with Crippen molar-refractivity contribution in [3.8, 4) is 0 Å². The second kappa shape index (κ2) is 31.2. The van der Waals surface area contributed by atoms with Crippen LogP contribution in [0.1, 0.15) is 187 Å². The Morgan fingerprint density at radius 3 is 1.20 bits per heavy atom. The molecule has 35 heavy (non-hydrogen) atoms. The van der Waals surface area contributed by atoms with Gasteiger partial charge in [-0.2, -0.15) is 0 Å². The Morgan fingerprint density at radius 1 is 0.457 bits per heavy atom. The first-order valence-electron chi connectivity index (χ1n) is 16.1. The second-order valence-corrected chi connectivity index (χ2v) is 10.8. The molecule has 0 saturated carbocycles. The van der Waals surface area contributed by atoms with Crippen LogP contribution >= 0.6 is 0 Å². The van der Waals surface area contributed by atoms with Gasteiger partial charge in [0.15, 0.2) is 0 Å². The Balaban J connectivity index is 3.13. The van der Waals surface area contributed by atoms with E-state index in [9.17, 15) is 4.79 Å². The first kappa shape index (κ1) is 34.2. The van der Waals surface area contributed by atoms with Crippen LogP contribution in [0.4, 0.5) is 0 Å². The van der Waals surface area contributed by atoms with E-state index >= 15 is 0 Å². The molecule has 0 aliphatic heterocycles. The van der Waals surface area contributed by atoms with E-state index in [1.165, 1.54) is 154 Å². The Kier molecular flexibility index (Phi) is 30.5. The van der Waals surface area contributed by atoms with Crippen molar-refractivity contribution in [1.82, 2.24) is 0 Å². The lowest BCUT2D eigenvalue weighted by Gasteiger charge is -2.04. The number of unbranched alkanes of at least 4 members (excludes halogenated alkanes) is 24. The molecule has 0 aromatic rings. The van der Waals surface area contributed by atoms with Crippen LogP contribution in [0.5, 0.6) is 0 Å². The number of allylic oxidation sites excluding steroid dienone is 1. The van der Waals surface area contributed by atoms with Crippen LogP contribution in [0, 0.1) is 0 Å². The van der Waals surface area contributed by atoms with Crippen LogP contribution in [0.25, 0.3) is 0 Å². The average molecular weight is 493 g/mol. The van der Waals surface area contributed by atoms with E-state index in [1.807, 2.05) is 6.08 Å². The van der Waals surface area contributed by atoms with E-state index in [1.54, 1.807) is 0 Å². The van der Waals surface area contributed by atoms with Crippen LogP contribution in [0.2, 0.25) is 0 Å². The highest BCUT2D eigenvalue weighted by Crippen LogP contribution is 2.15. The zero-order valence-electron chi connectivity index (χ0n) is 24.3. The number of carbonyl (C=O) groups excluding carboxylic acids is 1. The largest absolute Gasteiger partial charge is 0.461 e. The second-order valence-electron chi connectivity index (χ2n) is 10.8. The molecule has 0 aromatic carbocycles. The summed E-state index contributed by atoms with van der Waals surface area (Å²) in [6.45, 7) is 4.96. The molecule has 0 amide bonds. The molecule has 0 aliphatic carbocycles. The summed E-state index contributed by atoms with van der Waals surface area (Å²) in [5, 5.41) is 0. The lowest BCUT2D eigenvalue weighted by atomic mass is 10.0.